The fourth-order valence-corrected chi connectivity index (χ4v) is 13.8. The van der Waals surface area contributed by atoms with E-state index in [1.165, 1.54) is 18.7 Å². The number of aromatic hydroxyl groups is 1. The second kappa shape index (κ2) is 12.7. The highest BCUT2D eigenvalue weighted by atomic mass is 32.2. The number of benzene rings is 3. The molecule has 3 saturated heterocycles. The van der Waals surface area contributed by atoms with Gasteiger partial charge in [-0.25, -0.2) is 4.79 Å². The third-order valence-electron chi connectivity index (χ3n) is 14.4. The zero-order valence-corrected chi connectivity index (χ0v) is 34.9. The normalized spacial score (nSPS) is 31.9. The van der Waals surface area contributed by atoms with Gasteiger partial charge in [-0.1, -0.05) is 0 Å². The number of phenolic OH excluding ortho intramolecular Hbond substituents is 1. The molecular weight excluding hydrogens is 791 g/mol. The number of fused-ring (bicyclic) bond motifs is 11. The number of phenols is 1. The van der Waals surface area contributed by atoms with Crippen molar-refractivity contribution in [3.05, 3.63) is 68.9 Å². The molecule has 1 spiro atoms. The van der Waals surface area contributed by atoms with Crippen LogP contribution in [0.25, 0.3) is 10.9 Å². The average Bonchev–Trinajstić information content (AvgIpc) is 3.99. The van der Waals surface area contributed by atoms with Gasteiger partial charge in [0.2, 0.25) is 6.79 Å². The predicted octanol–water partition coefficient (Wildman–Crippen LogP) is 4.57. The molecule has 4 N–H and O–H groups in total. The molecular formula is C44H45N5O10S. The van der Waals surface area contributed by atoms with Gasteiger partial charge in [0.05, 0.1) is 49.9 Å². The number of nitriles is 1. The summed E-state index contributed by atoms with van der Waals surface area (Å²) in [6.07, 6.45) is 0.855. The van der Waals surface area contributed by atoms with Crippen molar-refractivity contribution in [2.24, 2.45) is 0 Å². The minimum absolute atomic E-state index is 0.0542. The number of esters is 2. The molecule has 1 aromatic heterocycles. The molecule has 312 valence electrons. The number of hydrogen-bond donors (Lipinski definition) is 4. The molecule has 2 unspecified atom stereocenters. The molecule has 0 radical (unpaired) electrons. The molecule has 4 bridgehead atoms. The molecule has 0 amide bonds. The van der Waals surface area contributed by atoms with Gasteiger partial charge in [0, 0.05) is 76.4 Å². The van der Waals surface area contributed by atoms with E-state index in [0.29, 0.717) is 70.5 Å². The van der Waals surface area contributed by atoms with Crippen LogP contribution in [-0.4, -0.2) is 101 Å². The van der Waals surface area contributed by atoms with Crippen molar-refractivity contribution in [3.8, 4) is 40.6 Å². The molecule has 8 aliphatic rings. The van der Waals surface area contributed by atoms with Crippen molar-refractivity contribution in [1.29, 1.82) is 5.26 Å². The number of piperazine rings is 1. The maximum atomic E-state index is 15.2. The van der Waals surface area contributed by atoms with Crippen LogP contribution in [0.1, 0.15) is 82.2 Å². The van der Waals surface area contributed by atoms with Crippen LogP contribution in [0.15, 0.2) is 24.3 Å². The van der Waals surface area contributed by atoms with Crippen LogP contribution in [-0.2, 0) is 31.8 Å². The molecule has 4 aromatic rings. The van der Waals surface area contributed by atoms with Gasteiger partial charge >= 0.3 is 11.9 Å². The van der Waals surface area contributed by atoms with E-state index >= 15 is 4.79 Å². The third kappa shape index (κ3) is 4.59. The number of methoxy groups -OCH3 is 2. The number of rotatable bonds is 4. The number of H-pyrrole nitrogens is 1. The van der Waals surface area contributed by atoms with E-state index in [1.807, 2.05) is 32.0 Å². The Morgan fingerprint density at radius 1 is 1.10 bits per heavy atom. The van der Waals surface area contributed by atoms with E-state index in [-0.39, 0.29) is 31.5 Å². The Kier molecular flexibility index (Phi) is 7.99. The van der Waals surface area contributed by atoms with Crippen LogP contribution in [0.2, 0.25) is 0 Å². The highest BCUT2D eigenvalue weighted by Gasteiger charge is 2.72. The highest BCUT2D eigenvalue weighted by Crippen LogP contribution is 2.71. The number of thioether (sulfide) groups is 1. The lowest BCUT2D eigenvalue weighted by atomic mass is 9.72. The molecule has 12 rings (SSSR count). The standard InChI is InChI=1S/C44H45N5O10S/c1-19-9-26-29(34(52)35(19)55-6)32-33-39-31-30(38-37(57-18-58-38)20(2)36(31)59-21(3)51)28(49(33)43(15-45)14-42(26,4)48(32)16-43)13-56-41(53)44(17-60-39)40-25(10-22(12-50)47-44)24-11-23(54-5)7-8-27(24)46-40/h7-9,11,22,28,32-33,39,46-47,50,52H,10,12-14,16-18H2,1-6H3/t22-,28-,32+,33+,39+,42?,43?,44+/m0/s1. The lowest BCUT2D eigenvalue weighted by molar-refractivity contribution is -0.157. The monoisotopic (exact) mass is 835 g/mol. The Bertz CT molecular complexity index is 2640. The summed E-state index contributed by atoms with van der Waals surface area (Å²) >= 11 is 1.49. The van der Waals surface area contributed by atoms with Crippen LogP contribution in [0.5, 0.6) is 34.5 Å². The van der Waals surface area contributed by atoms with Crippen molar-refractivity contribution in [1.82, 2.24) is 20.1 Å². The Morgan fingerprint density at radius 2 is 1.90 bits per heavy atom. The van der Waals surface area contributed by atoms with E-state index in [0.717, 1.165) is 33.2 Å². The molecule has 3 fully saturated rings. The number of aromatic amines is 1. The van der Waals surface area contributed by atoms with Crippen LogP contribution >= 0.6 is 11.8 Å². The number of aliphatic hydroxyl groups is 1. The number of aliphatic hydroxyl groups excluding tert-OH is 1. The lowest BCUT2D eigenvalue weighted by Crippen LogP contribution is -2.67. The SMILES string of the molecule is COc1ccc2[nH]c3c(c2c1)C[C@@H](CO)N[C@]31CS[C@@H]2c3c(OC(C)=O)c(C)c4c(c3[C@H](COC1=O)N1[C@@H]2[C@H]2c3c(cc(C)c(OC)c3O)C3(C)CC1(C#N)CN23)OCO4. The third-order valence-corrected chi connectivity index (χ3v) is 15.9. The van der Waals surface area contributed by atoms with E-state index in [4.69, 9.17) is 28.4 Å². The van der Waals surface area contributed by atoms with Crippen LogP contribution in [0.4, 0.5) is 0 Å². The molecule has 0 aliphatic carbocycles. The first-order chi connectivity index (χ1) is 28.8. The topological polar surface area (TPSA) is 188 Å². The number of hydrogen-bond acceptors (Lipinski definition) is 15. The highest BCUT2D eigenvalue weighted by molar-refractivity contribution is 7.99. The summed E-state index contributed by atoms with van der Waals surface area (Å²) in [5, 5.41) is 38.4. The van der Waals surface area contributed by atoms with Crippen molar-refractivity contribution in [2.45, 2.75) is 86.6 Å². The quantitative estimate of drug-likeness (QED) is 0.165. The summed E-state index contributed by atoms with van der Waals surface area (Å²) in [7, 11) is 3.16. The van der Waals surface area contributed by atoms with Gasteiger partial charge in [0.25, 0.3) is 0 Å². The number of ether oxygens (including phenoxy) is 6. The van der Waals surface area contributed by atoms with Crippen LogP contribution < -0.4 is 29.0 Å². The summed E-state index contributed by atoms with van der Waals surface area (Å²) < 4.78 is 36.6. The van der Waals surface area contributed by atoms with Crippen LogP contribution in [0.3, 0.4) is 0 Å². The molecule has 0 saturated carbocycles. The minimum Gasteiger partial charge on any atom is -0.504 e. The van der Waals surface area contributed by atoms with Crippen molar-refractivity contribution >= 4 is 34.6 Å². The van der Waals surface area contributed by atoms with Crippen molar-refractivity contribution in [2.75, 3.05) is 46.5 Å². The summed E-state index contributed by atoms with van der Waals surface area (Å²) in [6.45, 7) is 7.12. The van der Waals surface area contributed by atoms with Gasteiger partial charge in [-0.3, -0.25) is 19.9 Å². The minimum atomic E-state index is -1.47. The summed E-state index contributed by atoms with van der Waals surface area (Å²) in [5.74, 6) is 1.38. The molecule has 8 atom stereocenters. The molecule has 16 heteroatoms. The smallest absolute Gasteiger partial charge is 0.333 e. The predicted molar refractivity (Wildman–Crippen MR) is 217 cm³/mol. The second-order valence-electron chi connectivity index (χ2n) is 17.4. The zero-order chi connectivity index (χ0) is 41.8. The van der Waals surface area contributed by atoms with Crippen molar-refractivity contribution < 1.29 is 48.2 Å². The number of aromatic nitrogens is 1. The van der Waals surface area contributed by atoms with Crippen molar-refractivity contribution in [3.63, 3.8) is 0 Å². The maximum absolute atomic E-state index is 15.2. The van der Waals surface area contributed by atoms with Gasteiger partial charge in [0.15, 0.2) is 28.5 Å². The number of carbonyl (C=O) groups is 2. The van der Waals surface area contributed by atoms with Crippen LogP contribution in [0, 0.1) is 25.2 Å². The summed E-state index contributed by atoms with van der Waals surface area (Å²) in [4.78, 5) is 36.4. The van der Waals surface area contributed by atoms with E-state index in [2.05, 4.69) is 39.2 Å². The first-order valence-corrected chi connectivity index (χ1v) is 21.3. The number of nitrogens with one attached hydrogen (secondary N) is 2. The number of carbonyl (C=O) groups excluding carboxylic acids is 2. The average molecular weight is 836 g/mol. The second-order valence-corrected chi connectivity index (χ2v) is 18.5. The summed E-state index contributed by atoms with van der Waals surface area (Å²) in [5.41, 5.74) is 3.52. The molecule has 60 heavy (non-hydrogen) atoms. The first kappa shape index (κ1) is 37.8. The first-order valence-electron chi connectivity index (χ1n) is 20.2. The molecule has 15 nitrogen and oxygen atoms in total. The molecule has 9 heterocycles. The molecule has 3 aromatic carbocycles. The van der Waals surface area contributed by atoms with E-state index < -0.39 is 58.0 Å². The Labute approximate surface area is 349 Å². The fraction of sp³-hybridized carbons (Fsp3) is 0.477. The van der Waals surface area contributed by atoms with E-state index in [9.17, 15) is 20.3 Å². The zero-order valence-electron chi connectivity index (χ0n) is 34.1. The van der Waals surface area contributed by atoms with Gasteiger partial charge in [-0.2, -0.15) is 5.26 Å². The lowest BCUT2D eigenvalue weighted by Gasteiger charge is -2.58. The Hall–Kier alpha value is -5.18. The maximum Gasteiger partial charge on any atom is 0.333 e. The van der Waals surface area contributed by atoms with E-state index in [1.54, 1.807) is 14.2 Å². The largest absolute Gasteiger partial charge is 0.504 e. The summed E-state index contributed by atoms with van der Waals surface area (Å²) in [6, 6.07) is 8.28. The van der Waals surface area contributed by atoms with Gasteiger partial charge in [-0.15, -0.1) is 11.8 Å². The van der Waals surface area contributed by atoms with Gasteiger partial charge < -0.3 is 43.6 Å². The Balaban J connectivity index is 1.20. The number of nitrogens with zero attached hydrogens (tertiary/aromatic N) is 3. The fourth-order valence-electron chi connectivity index (χ4n) is 12.1. The van der Waals surface area contributed by atoms with Gasteiger partial charge in [0.1, 0.15) is 23.6 Å². The Morgan fingerprint density at radius 3 is 2.63 bits per heavy atom. The molecule has 8 aliphatic heterocycles. The number of aryl methyl sites for hydroxylation is 1. The van der Waals surface area contributed by atoms with Gasteiger partial charge in [-0.05, 0) is 68.1 Å².